The van der Waals surface area contributed by atoms with E-state index >= 15 is 0 Å². The minimum absolute atomic E-state index is 0.489. The van der Waals surface area contributed by atoms with Crippen molar-refractivity contribution >= 4 is 11.0 Å². The molecule has 4 heterocycles. The van der Waals surface area contributed by atoms with Gasteiger partial charge >= 0.3 is 0 Å². The number of hydrogen-bond acceptors (Lipinski definition) is 5. The van der Waals surface area contributed by atoms with Crippen LogP contribution in [0.15, 0.2) is 42.9 Å². The van der Waals surface area contributed by atoms with E-state index in [1.807, 2.05) is 36.7 Å². The van der Waals surface area contributed by atoms with E-state index in [1.54, 1.807) is 0 Å². The quantitative estimate of drug-likeness (QED) is 0.788. The molecule has 0 bridgehead atoms. The fourth-order valence-corrected chi connectivity index (χ4v) is 4.23. The third-order valence-electron chi connectivity index (χ3n) is 5.77. The van der Waals surface area contributed by atoms with Gasteiger partial charge in [-0.15, -0.1) is 0 Å². The first-order chi connectivity index (χ1) is 12.9. The number of nitrogens with one attached hydrogen (secondary N) is 1. The summed E-state index contributed by atoms with van der Waals surface area (Å²) in [6, 6.07) is 9.20. The third kappa shape index (κ3) is 2.99. The number of rotatable bonds is 3. The predicted octanol–water partition coefficient (Wildman–Crippen LogP) is 2.49. The lowest BCUT2D eigenvalue weighted by Crippen LogP contribution is -2.42. The average Bonchev–Trinajstić information content (AvgIpc) is 3.40. The van der Waals surface area contributed by atoms with Gasteiger partial charge in [-0.3, -0.25) is 14.6 Å². The van der Waals surface area contributed by atoms with E-state index in [0.717, 1.165) is 34.9 Å². The van der Waals surface area contributed by atoms with Crippen LogP contribution in [0.2, 0.25) is 0 Å². The van der Waals surface area contributed by atoms with E-state index in [9.17, 15) is 0 Å². The maximum atomic E-state index is 4.74. The van der Waals surface area contributed by atoms with E-state index in [2.05, 4.69) is 31.2 Å². The van der Waals surface area contributed by atoms with Crippen LogP contribution < -0.4 is 5.32 Å². The zero-order valence-electron chi connectivity index (χ0n) is 14.9. The molecule has 0 radical (unpaired) electrons. The molecule has 5 rings (SSSR count). The van der Waals surface area contributed by atoms with Crippen molar-refractivity contribution < 1.29 is 0 Å². The second-order valence-electron chi connectivity index (χ2n) is 7.37. The van der Waals surface area contributed by atoms with Crippen molar-refractivity contribution in [3.8, 4) is 11.3 Å². The van der Waals surface area contributed by atoms with Crippen molar-refractivity contribution in [2.24, 2.45) is 0 Å². The molecule has 2 saturated heterocycles. The van der Waals surface area contributed by atoms with Crippen molar-refractivity contribution in [2.45, 2.75) is 31.3 Å². The Kier molecular flexibility index (Phi) is 4.15. The summed E-state index contributed by atoms with van der Waals surface area (Å²) in [6.45, 7) is 4.65. The van der Waals surface area contributed by atoms with Crippen molar-refractivity contribution in [2.75, 3.05) is 26.2 Å². The van der Waals surface area contributed by atoms with Crippen LogP contribution in [0.1, 0.15) is 25.3 Å². The first kappa shape index (κ1) is 15.9. The molecule has 1 unspecified atom stereocenters. The Labute approximate surface area is 153 Å². The van der Waals surface area contributed by atoms with Crippen LogP contribution in [0.5, 0.6) is 0 Å². The van der Waals surface area contributed by atoms with Crippen LogP contribution in [0.3, 0.4) is 0 Å². The molecule has 26 heavy (non-hydrogen) atoms. The molecule has 134 valence electrons. The highest BCUT2D eigenvalue weighted by Gasteiger charge is 2.28. The van der Waals surface area contributed by atoms with Crippen LogP contribution in [0, 0.1) is 0 Å². The fourth-order valence-electron chi connectivity index (χ4n) is 4.23. The molecule has 1 N–H and O–H groups in total. The summed E-state index contributed by atoms with van der Waals surface area (Å²) in [5, 5.41) is 8.11. The van der Waals surface area contributed by atoms with E-state index in [-0.39, 0.29) is 0 Å². The number of likely N-dealkylation sites (tertiary alicyclic amines) is 1. The molecule has 6 heteroatoms. The molecule has 6 nitrogen and oxygen atoms in total. The molecule has 1 atom stereocenters. The zero-order valence-corrected chi connectivity index (χ0v) is 14.9. The summed E-state index contributed by atoms with van der Waals surface area (Å²) in [7, 11) is 0. The number of para-hydroxylation sites is 2. The van der Waals surface area contributed by atoms with Gasteiger partial charge in [-0.25, -0.2) is 4.98 Å². The number of benzene rings is 1. The predicted molar refractivity (Wildman–Crippen MR) is 102 cm³/mol. The lowest BCUT2D eigenvalue weighted by molar-refractivity contribution is 0.138. The van der Waals surface area contributed by atoms with Crippen LogP contribution in [0.4, 0.5) is 0 Å². The molecule has 0 aliphatic carbocycles. The monoisotopic (exact) mass is 348 g/mol. The minimum atomic E-state index is 0.489. The van der Waals surface area contributed by atoms with Gasteiger partial charge in [0.15, 0.2) is 0 Å². The fraction of sp³-hybridized carbons (Fsp3) is 0.450. The van der Waals surface area contributed by atoms with Crippen molar-refractivity contribution in [3.63, 3.8) is 0 Å². The Morgan fingerprint density at radius 2 is 1.81 bits per heavy atom. The summed E-state index contributed by atoms with van der Waals surface area (Å²) in [6.07, 6.45) is 9.53. The largest absolute Gasteiger partial charge is 0.315 e. The molecule has 0 saturated carbocycles. The van der Waals surface area contributed by atoms with Gasteiger partial charge in [-0.05, 0) is 37.9 Å². The highest BCUT2D eigenvalue weighted by molar-refractivity contribution is 5.76. The van der Waals surface area contributed by atoms with E-state index < -0.39 is 0 Å². The molecule has 0 amide bonds. The number of aromatic nitrogens is 4. The van der Waals surface area contributed by atoms with Gasteiger partial charge in [0.25, 0.3) is 0 Å². The number of piperidine rings is 1. The number of fused-ring (bicyclic) bond motifs is 1. The SMILES string of the molecule is c1ccc2nc(-c3cnn(C4CCN(C5CCNC5)CC4)c3)cnc2c1. The lowest BCUT2D eigenvalue weighted by Gasteiger charge is -2.35. The molecule has 0 spiro atoms. The Hall–Kier alpha value is -2.31. The van der Waals surface area contributed by atoms with Gasteiger partial charge in [0.2, 0.25) is 0 Å². The Morgan fingerprint density at radius 3 is 2.62 bits per heavy atom. The number of nitrogens with zero attached hydrogens (tertiary/aromatic N) is 5. The van der Waals surface area contributed by atoms with Gasteiger partial charge in [0.05, 0.1) is 35.2 Å². The van der Waals surface area contributed by atoms with E-state index in [1.165, 1.54) is 38.9 Å². The van der Waals surface area contributed by atoms with Gasteiger partial charge in [-0.2, -0.15) is 5.10 Å². The zero-order chi connectivity index (χ0) is 17.3. The summed E-state index contributed by atoms with van der Waals surface area (Å²) in [5.41, 5.74) is 3.80. The van der Waals surface area contributed by atoms with Gasteiger partial charge in [0.1, 0.15) is 0 Å². The summed E-state index contributed by atoms with van der Waals surface area (Å²) in [4.78, 5) is 11.9. The maximum absolute atomic E-state index is 4.74. The summed E-state index contributed by atoms with van der Waals surface area (Å²) < 4.78 is 2.14. The van der Waals surface area contributed by atoms with Gasteiger partial charge < -0.3 is 5.32 Å². The topological polar surface area (TPSA) is 58.9 Å². The first-order valence-corrected chi connectivity index (χ1v) is 9.58. The molecular formula is C20H24N6. The Balaban J connectivity index is 1.30. The third-order valence-corrected chi connectivity index (χ3v) is 5.77. The smallest absolute Gasteiger partial charge is 0.0924 e. The Bertz CT molecular complexity index is 890. The Morgan fingerprint density at radius 1 is 0.962 bits per heavy atom. The van der Waals surface area contributed by atoms with Gasteiger partial charge in [0, 0.05) is 37.4 Å². The second-order valence-corrected chi connectivity index (χ2v) is 7.37. The molecular weight excluding hydrogens is 324 g/mol. The van der Waals surface area contributed by atoms with Crippen LogP contribution in [-0.2, 0) is 0 Å². The van der Waals surface area contributed by atoms with Crippen molar-refractivity contribution in [1.82, 2.24) is 30.0 Å². The highest BCUT2D eigenvalue weighted by Crippen LogP contribution is 2.27. The summed E-state index contributed by atoms with van der Waals surface area (Å²) in [5.74, 6) is 0. The molecule has 1 aromatic carbocycles. The number of hydrogen-bond donors (Lipinski definition) is 1. The maximum Gasteiger partial charge on any atom is 0.0924 e. The minimum Gasteiger partial charge on any atom is -0.315 e. The molecule has 2 aliphatic rings. The normalized spacial score (nSPS) is 22.2. The van der Waals surface area contributed by atoms with E-state index in [4.69, 9.17) is 4.98 Å². The lowest BCUT2D eigenvalue weighted by atomic mass is 10.0. The van der Waals surface area contributed by atoms with Crippen molar-refractivity contribution in [3.05, 3.63) is 42.9 Å². The molecule has 2 aliphatic heterocycles. The first-order valence-electron chi connectivity index (χ1n) is 9.58. The molecule has 2 aromatic heterocycles. The summed E-state index contributed by atoms with van der Waals surface area (Å²) >= 11 is 0. The highest BCUT2D eigenvalue weighted by atomic mass is 15.3. The van der Waals surface area contributed by atoms with Crippen molar-refractivity contribution in [1.29, 1.82) is 0 Å². The second kappa shape index (κ2) is 6.78. The van der Waals surface area contributed by atoms with Crippen LogP contribution in [-0.4, -0.2) is 56.9 Å². The average molecular weight is 348 g/mol. The standard InChI is InChI=1S/C20H24N6/c1-2-4-19-18(3-1)22-13-20(24-19)15-11-23-26(14-15)16-6-9-25(10-7-16)17-5-8-21-12-17/h1-4,11,13-14,16-17,21H,5-10,12H2. The van der Waals surface area contributed by atoms with Crippen LogP contribution in [0.25, 0.3) is 22.3 Å². The molecule has 2 fully saturated rings. The molecule has 3 aromatic rings. The van der Waals surface area contributed by atoms with Gasteiger partial charge in [-0.1, -0.05) is 12.1 Å². The van der Waals surface area contributed by atoms with E-state index in [0.29, 0.717) is 6.04 Å². The van der Waals surface area contributed by atoms with Crippen LogP contribution >= 0.6 is 0 Å².